The Hall–Kier alpha value is -0.0800. The highest BCUT2D eigenvalue weighted by Gasteiger charge is 2.36. The summed E-state index contributed by atoms with van der Waals surface area (Å²) in [4.78, 5) is 2.72. The lowest BCUT2D eigenvalue weighted by atomic mass is 9.77. The molecular formula is C18H36N2. The van der Waals surface area contributed by atoms with Gasteiger partial charge in [0.15, 0.2) is 0 Å². The summed E-state index contributed by atoms with van der Waals surface area (Å²) in [5.74, 6) is 0. The van der Waals surface area contributed by atoms with Crippen molar-refractivity contribution in [2.75, 3.05) is 26.2 Å². The Labute approximate surface area is 126 Å². The molecule has 2 aliphatic rings. The molecule has 2 rings (SSSR count). The molecule has 0 atom stereocenters. The van der Waals surface area contributed by atoms with Crippen LogP contribution in [0.2, 0.25) is 0 Å². The van der Waals surface area contributed by atoms with Crippen molar-refractivity contribution in [1.29, 1.82) is 0 Å². The maximum Gasteiger partial charge on any atom is 0.00965 e. The number of likely N-dealkylation sites (tertiary alicyclic amines) is 1. The zero-order valence-electron chi connectivity index (χ0n) is 14.1. The van der Waals surface area contributed by atoms with Gasteiger partial charge < -0.3 is 10.2 Å². The largest absolute Gasteiger partial charge is 0.312 e. The first-order chi connectivity index (χ1) is 9.49. The summed E-state index contributed by atoms with van der Waals surface area (Å²) in [6.07, 6.45) is 13.1. The second-order valence-electron chi connectivity index (χ2n) is 8.29. The first-order valence-corrected chi connectivity index (χ1v) is 8.97. The van der Waals surface area contributed by atoms with Crippen molar-refractivity contribution in [2.45, 2.75) is 84.1 Å². The molecule has 1 aliphatic heterocycles. The van der Waals surface area contributed by atoms with Crippen molar-refractivity contribution in [3.05, 3.63) is 0 Å². The van der Waals surface area contributed by atoms with Crippen LogP contribution in [0.5, 0.6) is 0 Å². The van der Waals surface area contributed by atoms with Gasteiger partial charge in [-0.1, -0.05) is 19.3 Å². The number of rotatable bonds is 6. The van der Waals surface area contributed by atoms with Crippen molar-refractivity contribution in [1.82, 2.24) is 10.2 Å². The van der Waals surface area contributed by atoms with Gasteiger partial charge >= 0.3 is 0 Å². The third kappa shape index (κ3) is 5.37. The third-order valence-corrected chi connectivity index (χ3v) is 5.39. The summed E-state index contributed by atoms with van der Waals surface area (Å²) in [6, 6.07) is 0. The number of hydrogen-bond donors (Lipinski definition) is 1. The Balaban J connectivity index is 1.49. The monoisotopic (exact) mass is 280 g/mol. The first kappa shape index (κ1) is 16.3. The minimum Gasteiger partial charge on any atom is -0.312 e. The molecule has 118 valence electrons. The maximum absolute atomic E-state index is 3.58. The average molecular weight is 280 g/mol. The zero-order chi connectivity index (χ0) is 14.5. The van der Waals surface area contributed by atoms with Gasteiger partial charge in [0.25, 0.3) is 0 Å². The Kier molecular flexibility index (Phi) is 5.92. The van der Waals surface area contributed by atoms with Gasteiger partial charge in [0.1, 0.15) is 0 Å². The topological polar surface area (TPSA) is 15.3 Å². The lowest BCUT2D eigenvalue weighted by molar-refractivity contribution is 0.107. The maximum atomic E-state index is 3.58. The molecule has 1 N–H and O–H groups in total. The van der Waals surface area contributed by atoms with E-state index < -0.39 is 0 Å². The van der Waals surface area contributed by atoms with Crippen LogP contribution in [-0.4, -0.2) is 36.6 Å². The van der Waals surface area contributed by atoms with Crippen LogP contribution in [-0.2, 0) is 0 Å². The van der Waals surface area contributed by atoms with Gasteiger partial charge in [-0.15, -0.1) is 0 Å². The molecular weight excluding hydrogens is 244 g/mol. The minimum atomic E-state index is 0.280. The lowest BCUT2D eigenvalue weighted by Crippen LogP contribution is -2.39. The molecule has 0 bridgehead atoms. The molecule has 1 aliphatic carbocycles. The predicted octanol–water partition coefficient (Wildman–Crippen LogP) is 4.20. The van der Waals surface area contributed by atoms with Gasteiger partial charge in [0.2, 0.25) is 0 Å². The molecule has 0 unspecified atom stereocenters. The summed E-state index contributed by atoms with van der Waals surface area (Å²) in [5.41, 5.74) is 1.07. The van der Waals surface area contributed by atoms with Gasteiger partial charge in [-0.3, -0.25) is 0 Å². The van der Waals surface area contributed by atoms with Gasteiger partial charge in [0, 0.05) is 5.54 Å². The summed E-state index contributed by atoms with van der Waals surface area (Å²) >= 11 is 0. The Bertz CT molecular complexity index is 264. The van der Waals surface area contributed by atoms with Crippen LogP contribution in [0.4, 0.5) is 0 Å². The molecule has 2 nitrogen and oxygen atoms in total. The Morgan fingerprint density at radius 1 is 0.900 bits per heavy atom. The van der Waals surface area contributed by atoms with Gasteiger partial charge in [0.05, 0.1) is 0 Å². The number of nitrogens with zero attached hydrogens (tertiary/aromatic N) is 1. The predicted molar refractivity (Wildman–Crippen MR) is 88.2 cm³/mol. The fourth-order valence-electron chi connectivity index (χ4n) is 3.98. The van der Waals surface area contributed by atoms with Crippen LogP contribution < -0.4 is 5.32 Å². The van der Waals surface area contributed by atoms with Crippen LogP contribution >= 0.6 is 0 Å². The number of unbranched alkanes of at least 4 members (excludes halogenated alkanes) is 2. The van der Waals surface area contributed by atoms with E-state index in [1.54, 1.807) is 0 Å². The van der Waals surface area contributed by atoms with Crippen LogP contribution in [0.25, 0.3) is 0 Å². The highest BCUT2D eigenvalue weighted by molar-refractivity contribution is 4.89. The van der Waals surface area contributed by atoms with Crippen LogP contribution in [0, 0.1) is 5.41 Å². The highest BCUT2D eigenvalue weighted by atomic mass is 15.1. The van der Waals surface area contributed by atoms with E-state index in [0.717, 1.165) is 5.41 Å². The summed E-state index contributed by atoms with van der Waals surface area (Å²) in [6.45, 7) is 12.0. The summed E-state index contributed by atoms with van der Waals surface area (Å²) in [7, 11) is 0. The Morgan fingerprint density at radius 3 is 2.15 bits per heavy atom. The molecule has 0 aromatic carbocycles. The fraction of sp³-hybridized carbons (Fsp3) is 1.00. The molecule has 1 saturated carbocycles. The molecule has 0 radical (unpaired) electrons. The van der Waals surface area contributed by atoms with Crippen molar-refractivity contribution < 1.29 is 0 Å². The molecule has 2 fully saturated rings. The van der Waals surface area contributed by atoms with E-state index in [4.69, 9.17) is 0 Å². The first-order valence-electron chi connectivity index (χ1n) is 8.97. The van der Waals surface area contributed by atoms with E-state index in [0.29, 0.717) is 0 Å². The van der Waals surface area contributed by atoms with Crippen molar-refractivity contribution in [2.24, 2.45) is 5.41 Å². The van der Waals surface area contributed by atoms with Crippen LogP contribution in [0.15, 0.2) is 0 Å². The highest BCUT2D eigenvalue weighted by Crippen LogP contribution is 2.46. The van der Waals surface area contributed by atoms with E-state index in [9.17, 15) is 0 Å². The van der Waals surface area contributed by atoms with Gasteiger partial charge in [-0.05, 0) is 90.9 Å². The molecule has 1 saturated heterocycles. The van der Waals surface area contributed by atoms with Crippen LogP contribution in [0.3, 0.4) is 0 Å². The standard InChI is InChI=1S/C18H36N2/c1-17(2,3)19-13-7-4-8-14-20-15-11-18(12-16-20)9-5-6-10-18/h19H,4-16H2,1-3H3. The van der Waals surface area contributed by atoms with E-state index in [1.165, 1.54) is 84.0 Å². The van der Waals surface area contributed by atoms with E-state index in [2.05, 4.69) is 31.0 Å². The molecule has 20 heavy (non-hydrogen) atoms. The molecule has 1 heterocycles. The average Bonchev–Trinajstić information content (AvgIpc) is 2.83. The smallest absolute Gasteiger partial charge is 0.00965 e. The Morgan fingerprint density at radius 2 is 1.55 bits per heavy atom. The second kappa shape index (κ2) is 7.26. The van der Waals surface area contributed by atoms with Crippen LogP contribution in [0.1, 0.15) is 78.6 Å². The SMILES string of the molecule is CC(C)(C)NCCCCCN1CCC2(CCCC2)CC1. The fourth-order valence-corrected chi connectivity index (χ4v) is 3.98. The lowest BCUT2D eigenvalue weighted by Gasteiger charge is -2.39. The van der Waals surface area contributed by atoms with E-state index >= 15 is 0 Å². The molecule has 0 aromatic heterocycles. The quantitative estimate of drug-likeness (QED) is 0.734. The minimum absolute atomic E-state index is 0.280. The third-order valence-electron chi connectivity index (χ3n) is 5.39. The van der Waals surface area contributed by atoms with E-state index in [1.807, 2.05) is 0 Å². The van der Waals surface area contributed by atoms with E-state index in [-0.39, 0.29) is 5.54 Å². The molecule has 1 spiro atoms. The molecule has 0 aromatic rings. The van der Waals surface area contributed by atoms with Crippen molar-refractivity contribution in [3.63, 3.8) is 0 Å². The van der Waals surface area contributed by atoms with Gasteiger partial charge in [-0.2, -0.15) is 0 Å². The normalized spacial score (nSPS) is 23.6. The number of hydrogen-bond acceptors (Lipinski definition) is 2. The zero-order valence-corrected chi connectivity index (χ0v) is 14.1. The van der Waals surface area contributed by atoms with Gasteiger partial charge in [-0.25, -0.2) is 0 Å². The number of piperidine rings is 1. The van der Waals surface area contributed by atoms with Crippen molar-refractivity contribution >= 4 is 0 Å². The second-order valence-corrected chi connectivity index (χ2v) is 8.29. The molecule has 2 heteroatoms. The molecule has 0 amide bonds. The summed E-state index contributed by atoms with van der Waals surface area (Å²) < 4.78 is 0. The van der Waals surface area contributed by atoms with Crippen molar-refractivity contribution in [3.8, 4) is 0 Å². The summed E-state index contributed by atoms with van der Waals surface area (Å²) in [5, 5.41) is 3.58. The number of nitrogens with one attached hydrogen (secondary N) is 1.